The highest BCUT2D eigenvalue weighted by Crippen LogP contribution is 2.35. The summed E-state index contributed by atoms with van der Waals surface area (Å²) in [5, 5.41) is 4.22. The number of esters is 1. The lowest BCUT2D eigenvalue weighted by atomic mass is 9.96. The molecule has 0 unspecified atom stereocenters. The molecule has 0 fully saturated rings. The van der Waals surface area contributed by atoms with Gasteiger partial charge in [-0.3, -0.25) is 4.79 Å². The Hall–Kier alpha value is -2.61. The van der Waals surface area contributed by atoms with Gasteiger partial charge in [-0.05, 0) is 33.9 Å². The molecule has 20 heavy (non-hydrogen) atoms. The van der Waals surface area contributed by atoms with E-state index in [4.69, 9.17) is 4.74 Å². The minimum atomic E-state index is -0.319. The molecule has 0 heterocycles. The van der Waals surface area contributed by atoms with Gasteiger partial charge in [0, 0.05) is 12.3 Å². The highest BCUT2D eigenvalue weighted by molar-refractivity contribution is 6.09. The maximum atomic E-state index is 11.3. The highest BCUT2D eigenvalue weighted by atomic mass is 16.5. The van der Waals surface area contributed by atoms with Gasteiger partial charge in [-0.25, -0.2) is 0 Å². The quantitative estimate of drug-likeness (QED) is 0.384. The average Bonchev–Trinajstić information content (AvgIpc) is 2.44. The van der Waals surface area contributed by atoms with Gasteiger partial charge in [-0.1, -0.05) is 49.1 Å². The van der Waals surface area contributed by atoms with E-state index in [1.807, 2.05) is 36.4 Å². The van der Waals surface area contributed by atoms with E-state index < -0.39 is 0 Å². The Labute approximate surface area is 117 Å². The molecule has 0 saturated heterocycles. The lowest BCUT2D eigenvalue weighted by molar-refractivity contribution is -0.131. The molecule has 0 radical (unpaired) electrons. The fraction of sp³-hybridized carbons (Fsp3) is 0.0556. The third-order valence-electron chi connectivity index (χ3n) is 3.35. The van der Waals surface area contributed by atoms with Gasteiger partial charge in [0.1, 0.15) is 5.75 Å². The maximum Gasteiger partial charge on any atom is 0.308 e. The summed E-state index contributed by atoms with van der Waals surface area (Å²) < 4.78 is 5.33. The van der Waals surface area contributed by atoms with Gasteiger partial charge >= 0.3 is 5.97 Å². The van der Waals surface area contributed by atoms with Crippen molar-refractivity contribution < 1.29 is 9.53 Å². The van der Waals surface area contributed by atoms with Crippen molar-refractivity contribution in [3.8, 4) is 5.75 Å². The van der Waals surface area contributed by atoms with Gasteiger partial charge in [0.2, 0.25) is 0 Å². The monoisotopic (exact) mass is 262 g/mol. The summed E-state index contributed by atoms with van der Waals surface area (Å²) in [6.07, 6.45) is 1.82. The summed E-state index contributed by atoms with van der Waals surface area (Å²) in [6.45, 7) is 5.32. The summed E-state index contributed by atoms with van der Waals surface area (Å²) >= 11 is 0. The fourth-order valence-electron chi connectivity index (χ4n) is 2.58. The van der Waals surface area contributed by atoms with E-state index in [1.165, 1.54) is 6.92 Å². The molecule has 0 N–H and O–H groups in total. The number of fused-ring (bicyclic) bond motifs is 2. The van der Waals surface area contributed by atoms with Crippen LogP contribution in [0.15, 0.2) is 55.1 Å². The van der Waals surface area contributed by atoms with Crippen molar-refractivity contribution in [2.75, 3.05) is 0 Å². The zero-order valence-electron chi connectivity index (χ0n) is 11.2. The first kappa shape index (κ1) is 12.4. The zero-order valence-corrected chi connectivity index (χ0v) is 11.2. The molecule has 0 atom stereocenters. The normalized spacial score (nSPS) is 10.7. The van der Waals surface area contributed by atoms with E-state index in [2.05, 4.69) is 24.8 Å². The molecule has 0 aromatic heterocycles. The van der Waals surface area contributed by atoms with Gasteiger partial charge in [0.05, 0.1) is 0 Å². The Bertz CT molecular complexity index is 831. The standard InChI is InChI=1S/C18H14O2/c1-3-15-16-9-5-4-7-13(16)11-14-8-6-10-17(18(14)15)20-12(2)19/h3-11H,1H2,2H3. The second kappa shape index (κ2) is 4.82. The van der Waals surface area contributed by atoms with Gasteiger partial charge < -0.3 is 4.74 Å². The Morgan fingerprint density at radius 2 is 1.85 bits per heavy atom. The van der Waals surface area contributed by atoms with Crippen LogP contribution in [0.2, 0.25) is 0 Å². The summed E-state index contributed by atoms with van der Waals surface area (Å²) in [5.74, 6) is 0.260. The van der Waals surface area contributed by atoms with Gasteiger partial charge in [-0.2, -0.15) is 0 Å². The second-order valence-corrected chi connectivity index (χ2v) is 4.66. The second-order valence-electron chi connectivity index (χ2n) is 4.66. The van der Waals surface area contributed by atoms with Crippen molar-refractivity contribution in [3.63, 3.8) is 0 Å². The molecule has 0 spiro atoms. The molecule has 2 nitrogen and oxygen atoms in total. The number of rotatable bonds is 2. The summed E-state index contributed by atoms with van der Waals surface area (Å²) in [7, 11) is 0. The van der Waals surface area contributed by atoms with Crippen LogP contribution in [0.4, 0.5) is 0 Å². The largest absolute Gasteiger partial charge is 0.426 e. The molecular weight excluding hydrogens is 248 g/mol. The summed E-state index contributed by atoms with van der Waals surface area (Å²) in [5.41, 5.74) is 0.995. The number of ether oxygens (including phenoxy) is 1. The third-order valence-corrected chi connectivity index (χ3v) is 3.35. The summed E-state index contributed by atoms with van der Waals surface area (Å²) in [6, 6.07) is 15.9. The van der Waals surface area contributed by atoms with E-state index in [0.29, 0.717) is 5.75 Å². The number of hydrogen-bond donors (Lipinski definition) is 0. The van der Waals surface area contributed by atoms with Crippen molar-refractivity contribution in [1.82, 2.24) is 0 Å². The smallest absolute Gasteiger partial charge is 0.308 e. The Balaban J connectivity index is 2.47. The van der Waals surface area contributed by atoms with E-state index in [-0.39, 0.29) is 5.97 Å². The first-order valence-electron chi connectivity index (χ1n) is 6.46. The Morgan fingerprint density at radius 3 is 2.60 bits per heavy atom. The topological polar surface area (TPSA) is 26.3 Å². The number of carbonyl (C=O) groups is 1. The molecule has 0 saturated carbocycles. The van der Waals surface area contributed by atoms with E-state index in [1.54, 1.807) is 0 Å². The SMILES string of the molecule is C=Cc1c2ccccc2cc2cccc(OC(C)=O)c12. The van der Waals surface area contributed by atoms with Gasteiger partial charge in [0.15, 0.2) is 0 Å². The van der Waals surface area contributed by atoms with Gasteiger partial charge in [-0.15, -0.1) is 0 Å². The average molecular weight is 262 g/mol. The van der Waals surface area contributed by atoms with E-state index in [0.717, 1.165) is 27.1 Å². The molecule has 0 aliphatic carbocycles. The zero-order chi connectivity index (χ0) is 14.1. The molecular formula is C18H14O2. The molecule has 3 rings (SSSR count). The Morgan fingerprint density at radius 1 is 1.10 bits per heavy atom. The molecule has 0 aliphatic heterocycles. The number of benzene rings is 3. The number of carbonyl (C=O) groups excluding carboxylic acids is 1. The van der Waals surface area contributed by atoms with E-state index in [9.17, 15) is 4.79 Å². The van der Waals surface area contributed by atoms with Crippen LogP contribution in [-0.4, -0.2) is 5.97 Å². The molecule has 3 aromatic carbocycles. The molecule has 98 valence electrons. The summed E-state index contributed by atoms with van der Waals surface area (Å²) in [4.78, 5) is 11.3. The predicted molar refractivity (Wildman–Crippen MR) is 82.9 cm³/mol. The first-order chi connectivity index (χ1) is 9.70. The molecule has 2 heteroatoms. The van der Waals surface area contributed by atoms with Gasteiger partial charge in [0.25, 0.3) is 0 Å². The molecule has 3 aromatic rings. The predicted octanol–water partition coefficient (Wildman–Crippen LogP) is 4.56. The van der Waals surface area contributed by atoms with E-state index >= 15 is 0 Å². The van der Waals surface area contributed by atoms with Crippen LogP contribution < -0.4 is 4.74 Å². The molecule has 0 bridgehead atoms. The third kappa shape index (κ3) is 1.95. The molecule has 0 aliphatic rings. The lowest BCUT2D eigenvalue weighted by Crippen LogP contribution is -2.02. The van der Waals surface area contributed by atoms with Crippen molar-refractivity contribution in [2.24, 2.45) is 0 Å². The van der Waals surface area contributed by atoms with Crippen LogP contribution in [0.3, 0.4) is 0 Å². The number of hydrogen-bond acceptors (Lipinski definition) is 2. The van der Waals surface area contributed by atoms with Crippen LogP contribution in [0.1, 0.15) is 12.5 Å². The van der Waals surface area contributed by atoms with Crippen LogP contribution in [-0.2, 0) is 4.79 Å². The minimum absolute atomic E-state index is 0.319. The van der Waals surface area contributed by atoms with Crippen LogP contribution in [0.25, 0.3) is 27.6 Å². The Kier molecular flexibility index (Phi) is 2.99. The van der Waals surface area contributed by atoms with Crippen molar-refractivity contribution in [2.45, 2.75) is 6.92 Å². The van der Waals surface area contributed by atoms with Crippen molar-refractivity contribution >= 4 is 33.6 Å². The maximum absolute atomic E-state index is 11.3. The van der Waals surface area contributed by atoms with Crippen LogP contribution in [0, 0.1) is 0 Å². The van der Waals surface area contributed by atoms with Crippen LogP contribution in [0.5, 0.6) is 5.75 Å². The van der Waals surface area contributed by atoms with Crippen LogP contribution >= 0.6 is 0 Å². The highest BCUT2D eigenvalue weighted by Gasteiger charge is 2.11. The van der Waals surface area contributed by atoms with Crippen molar-refractivity contribution in [3.05, 3.63) is 60.7 Å². The lowest BCUT2D eigenvalue weighted by Gasteiger charge is -2.12. The fourth-order valence-corrected chi connectivity index (χ4v) is 2.58. The van der Waals surface area contributed by atoms with Crippen molar-refractivity contribution in [1.29, 1.82) is 0 Å². The minimum Gasteiger partial charge on any atom is -0.426 e. The molecule has 0 amide bonds. The first-order valence-corrected chi connectivity index (χ1v) is 6.46.